The number of nitrogens with zero attached hydrogens (tertiary/aromatic N) is 1. The molecule has 0 radical (unpaired) electrons. The van der Waals surface area contributed by atoms with E-state index >= 15 is 0 Å². The van der Waals surface area contributed by atoms with E-state index in [1.807, 2.05) is 25.1 Å². The Labute approximate surface area is 105 Å². The Morgan fingerprint density at radius 2 is 2.11 bits per heavy atom. The second-order valence-electron chi connectivity index (χ2n) is 4.11. The van der Waals surface area contributed by atoms with Gasteiger partial charge in [0, 0.05) is 11.3 Å². The maximum Gasteiger partial charge on any atom is 0.129 e. The Morgan fingerprint density at radius 3 is 2.72 bits per heavy atom. The van der Waals surface area contributed by atoms with Crippen LogP contribution in [0.2, 0.25) is 0 Å². The molecule has 1 aromatic heterocycles. The predicted octanol–water partition coefficient (Wildman–Crippen LogP) is 3.52. The first-order valence-electron chi connectivity index (χ1n) is 5.59. The highest BCUT2D eigenvalue weighted by atomic mass is 19.1. The van der Waals surface area contributed by atoms with Gasteiger partial charge in [-0.05, 0) is 38.1 Å². The van der Waals surface area contributed by atoms with Crippen molar-refractivity contribution in [1.82, 2.24) is 0 Å². The molecule has 1 N–H and O–H groups in total. The van der Waals surface area contributed by atoms with Gasteiger partial charge in [-0.15, -0.1) is 0 Å². The van der Waals surface area contributed by atoms with Gasteiger partial charge in [0.2, 0.25) is 0 Å². The molecular weight excluding hydrogens is 231 g/mol. The topological polar surface area (TPSA) is 49.0 Å². The average molecular weight is 244 g/mol. The van der Waals surface area contributed by atoms with Gasteiger partial charge in [0.25, 0.3) is 0 Å². The fraction of sp³-hybridized carbons (Fsp3) is 0.214. The number of benzene rings is 1. The number of nitriles is 1. The van der Waals surface area contributed by atoms with Crippen molar-refractivity contribution < 1.29 is 8.81 Å². The molecule has 2 aromatic rings. The highest BCUT2D eigenvalue weighted by Gasteiger charge is 2.07. The van der Waals surface area contributed by atoms with Crippen LogP contribution < -0.4 is 5.32 Å². The highest BCUT2D eigenvalue weighted by molar-refractivity contribution is 5.55. The maximum absolute atomic E-state index is 13.5. The van der Waals surface area contributed by atoms with Crippen LogP contribution >= 0.6 is 0 Å². The Bertz CT molecular complexity index is 611. The van der Waals surface area contributed by atoms with Gasteiger partial charge >= 0.3 is 0 Å². The second kappa shape index (κ2) is 4.92. The fourth-order valence-corrected chi connectivity index (χ4v) is 1.69. The summed E-state index contributed by atoms with van der Waals surface area (Å²) < 4.78 is 19.0. The molecule has 0 bridgehead atoms. The molecule has 3 nitrogen and oxygen atoms in total. The zero-order valence-corrected chi connectivity index (χ0v) is 10.2. The van der Waals surface area contributed by atoms with Crippen molar-refractivity contribution in [2.45, 2.75) is 20.4 Å². The molecule has 1 heterocycles. The summed E-state index contributed by atoms with van der Waals surface area (Å²) in [7, 11) is 0. The lowest BCUT2D eigenvalue weighted by atomic mass is 10.1. The number of nitrogens with one attached hydrogen (secondary N) is 1. The summed E-state index contributed by atoms with van der Waals surface area (Å²) in [5, 5.41) is 11.9. The average Bonchev–Trinajstić information content (AvgIpc) is 2.77. The van der Waals surface area contributed by atoms with Crippen LogP contribution in [0.15, 0.2) is 28.7 Å². The lowest BCUT2D eigenvalue weighted by Crippen LogP contribution is -2.02. The summed E-state index contributed by atoms with van der Waals surface area (Å²) in [5.74, 6) is 1.22. The third kappa shape index (κ3) is 2.51. The molecule has 0 fully saturated rings. The number of halogens is 1. The molecule has 0 spiro atoms. The van der Waals surface area contributed by atoms with E-state index in [2.05, 4.69) is 5.32 Å². The standard InChI is InChI=1S/C14H13FN2O/c1-9-3-4-12(18-9)8-17-14-6-11(7-16)5-13(15)10(14)2/h3-6,17H,8H2,1-2H3. The van der Waals surface area contributed by atoms with Crippen LogP contribution in [0.4, 0.5) is 10.1 Å². The van der Waals surface area contributed by atoms with Gasteiger partial charge in [0.15, 0.2) is 0 Å². The lowest BCUT2D eigenvalue weighted by Gasteiger charge is -2.09. The third-order valence-corrected chi connectivity index (χ3v) is 2.72. The minimum absolute atomic E-state index is 0.302. The van der Waals surface area contributed by atoms with Gasteiger partial charge in [-0.25, -0.2) is 4.39 Å². The predicted molar refractivity (Wildman–Crippen MR) is 66.6 cm³/mol. The van der Waals surface area contributed by atoms with E-state index in [-0.39, 0.29) is 5.82 Å². The van der Waals surface area contributed by atoms with Crippen LogP contribution in [0.3, 0.4) is 0 Å². The summed E-state index contributed by atoms with van der Waals surface area (Å²) in [6.07, 6.45) is 0. The van der Waals surface area contributed by atoms with Gasteiger partial charge < -0.3 is 9.73 Å². The van der Waals surface area contributed by atoms with Gasteiger partial charge in [-0.2, -0.15) is 5.26 Å². The van der Waals surface area contributed by atoms with Crippen LogP contribution in [-0.4, -0.2) is 0 Å². The van der Waals surface area contributed by atoms with Crippen LogP contribution in [0, 0.1) is 31.0 Å². The Kier molecular flexibility index (Phi) is 3.33. The smallest absolute Gasteiger partial charge is 0.129 e. The normalized spacial score (nSPS) is 10.1. The Balaban J connectivity index is 2.19. The van der Waals surface area contributed by atoms with Crippen LogP contribution in [0.25, 0.3) is 0 Å². The maximum atomic E-state index is 13.5. The monoisotopic (exact) mass is 244 g/mol. The molecule has 0 aliphatic heterocycles. The molecule has 1 aromatic carbocycles. The molecule has 0 amide bonds. The number of hydrogen-bond donors (Lipinski definition) is 1. The van der Waals surface area contributed by atoms with E-state index in [1.165, 1.54) is 6.07 Å². The first kappa shape index (κ1) is 12.2. The first-order chi connectivity index (χ1) is 8.60. The van der Waals surface area contributed by atoms with Gasteiger partial charge in [0.05, 0.1) is 18.2 Å². The quantitative estimate of drug-likeness (QED) is 0.898. The molecule has 0 aliphatic rings. The van der Waals surface area contributed by atoms with Crippen molar-refractivity contribution in [3.63, 3.8) is 0 Å². The summed E-state index contributed by atoms with van der Waals surface area (Å²) >= 11 is 0. The van der Waals surface area contributed by atoms with E-state index < -0.39 is 0 Å². The van der Waals surface area contributed by atoms with Crippen molar-refractivity contribution in [1.29, 1.82) is 5.26 Å². The van der Waals surface area contributed by atoms with Crippen molar-refractivity contribution in [3.05, 3.63) is 52.7 Å². The molecule has 0 saturated carbocycles. The van der Waals surface area contributed by atoms with Crippen molar-refractivity contribution >= 4 is 5.69 Å². The molecule has 18 heavy (non-hydrogen) atoms. The van der Waals surface area contributed by atoms with E-state index in [4.69, 9.17) is 9.68 Å². The molecule has 0 atom stereocenters. The van der Waals surface area contributed by atoms with E-state index in [9.17, 15) is 4.39 Å². The lowest BCUT2D eigenvalue weighted by molar-refractivity contribution is 0.490. The van der Waals surface area contributed by atoms with Gasteiger partial charge in [-0.3, -0.25) is 0 Å². The van der Waals surface area contributed by atoms with Gasteiger partial charge in [0.1, 0.15) is 17.3 Å². The second-order valence-corrected chi connectivity index (χ2v) is 4.11. The molecule has 0 unspecified atom stereocenters. The van der Waals surface area contributed by atoms with Crippen LogP contribution in [-0.2, 0) is 6.54 Å². The van der Waals surface area contributed by atoms with E-state index in [0.717, 1.165) is 11.5 Å². The van der Waals surface area contributed by atoms with Crippen LogP contribution in [0.1, 0.15) is 22.6 Å². The van der Waals surface area contributed by atoms with Crippen LogP contribution in [0.5, 0.6) is 0 Å². The highest BCUT2D eigenvalue weighted by Crippen LogP contribution is 2.21. The van der Waals surface area contributed by atoms with E-state index in [0.29, 0.717) is 23.4 Å². The number of aryl methyl sites for hydroxylation is 1. The van der Waals surface area contributed by atoms with Gasteiger partial charge in [-0.1, -0.05) is 0 Å². The van der Waals surface area contributed by atoms with Crippen molar-refractivity contribution in [2.75, 3.05) is 5.32 Å². The minimum atomic E-state index is -0.382. The number of anilines is 1. The van der Waals surface area contributed by atoms with E-state index in [1.54, 1.807) is 13.0 Å². The number of rotatable bonds is 3. The molecular formula is C14H13FN2O. The molecule has 2 rings (SSSR count). The SMILES string of the molecule is Cc1ccc(CNc2cc(C#N)cc(F)c2C)o1. The van der Waals surface area contributed by atoms with Crippen molar-refractivity contribution in [3.8, 4) is 6.07 Å². The first-order valence-corrected chi connectivity index (χ1v) is 5.59. The number of hydrogen-bond acceptors (Lipinski definition) is 3. The molecule has 92 valence electrons. The minimum Gasteiger partial charge on any atom is -0.465 e. The Morgan fingerprint density at radius 1 is 1.33 bits per heavy atom. The summed E-state index contributed by atoms with van der Waals surface area (Å²) in [5.41, 5.74) is 1.41. The summed E-state index contributed by atoms with van der Waals surface area (Å²) in [4.78, 5) is 0. The van der Waals surface area contributed by atoms with Crippen molar-refractivity contribution in [2.24, 2.45) is 0 Å². The zero-order chi connectivity index (χ0) is 13.1. The third-order valence-electron chi connectivity index (χ3n) is 2.72. The zero-order valence-electron chi connectivity index (χ0n) is 10.2. The molecule has 4 heteroatoms. The summed E-state index contributed by atoms with van der Waals surface area (Å²) in [6.45, 7) is 4.00. The fourth-order valence-electron chi connectivity index (χ4n) is 1.69. The number of furan rings is 1. The molecule has 0 aliphatic carbocycles. The largest absolute Gasteiger partial charge is 0.465 e. The molecule has 0 saturated heterocycles. The summed E-state index contributed by atoms with van der Waals surface area (Å²) in [6, 6.07) is 8.54. The Hall–Kier alpha value is -2.28.